The van der Waals surface area contributed by atoms with Crippen molar-refractivity contribution in [3.63, 3.8) is 0 Å². The average molecular weight is 730 g/mol. The quantitative estimate of drug-likeness (QED) is 0.196. The van der Waals surface area contributed by atoms with Gasteiger partial charge in [-0.25, -0.2) is 0 Å². The van der Waals surface area contributed by atoms with Crippen molar-refractivity contribution in [2.24, 2.45) is 17.8 Å². The first-order valence-corrected chi connectivity index (χ1v) is 19.0. The van der Waals surface area contributed by atoms with Crippen LogP contribution in [0.15, 0.2) is 11.3 Å². The number of methoxy groups -OCH3 is 1. The second-order valence-electron chi connectivity index (χ2n) is 16.4. The Labute approximate surface area is 304 Å². The fourth-order valence-corrected chi connectivity index (χ4v) is 8.77. The standard InChI is InChI=1S/C38H67NO12/c1-13-15-39-25-16-20(4)46-35(28(25)41)50-32-22(6)30(48-27-18-36(9,45-12)31(42)24(8)47-27)23(7)34(43)49-33(38(11,44)26(40)14-2)21(5)29-19(3)17-37(32,10)51-29/h20-28,30-33,35,39-42,44H,13-18H2,1-12H3/t20?,21-,22-,23+,24?,25?,26+,27-,28?,30-,31-,32+,33+,35-,36?,37-,38+/m0/s1. The number of ether oxygens (including phenoxy) is 7. The molecule has 17 atom stereocenters. The van der Waals surface area contributed by atoms with E-state index in [0.29, 0.717) is 18.6 Å². The van der Waals surface area contributed by atoms with Crippen LogP contribution in [0.25, 0.3) is 0 Å². The molecule has 3 saturated heterocycles. The van der Waals surface area contributed by atoms with E-state index in [1.807, 2.05) is 34.6 Å². The number of esters is 1. The van der Waals surface area contributed by atoms with Crippen molar-refractivity contribution in [2.45, 2.75) is 193 Å². The fraction of sp³-hybridized carbons (Fsp3) is 0.921. The minimum atomic E-state index is -1.82. The van der Waals surface area contributed by atoms with Crippen molar-refractivity contribution >= 4 is 5.97 Å². The van der Waals surface area contributed by atoms with Crippen molar-refractivity contribution in [3.05, 3.63) is 11.3 Å². The second-order valence-corrected chi connectivity index (χ2v) is 16.4. The van der Waals surface area contributed by atoms with Gasteiger partial charge in [-0.15, -0.1) is 0 Å². The normalized spacial score (nSPS) is 45.7. The van der Waals surface area contributed by atoms with Crippen LogP contribution >= 0.6 is 0 Å². The highest BCUT2D eigenvalue weighted by Gasteiger charge is 2.56. The minimum Gasteiger partial charge on any atom is -0.488 e. The molecule has 3 fully saturated rings. The molecular weight excluding hydrogens is 662 g/mol. The molecule has 0 aromatic heterocycles. The van der Waals surface area contributed by atoms with Gasteiger partial charge < -0.3 is 58.9 Å². The molecule has 51 heavy (non-hydrogen) atoms. The summed E-state index contributed by atoms with van der Waals surface area (Å²) < 4.78 is 44.9. The zero-order chi connectivity index (χ0) is 38.2. The van der Waals surface area contributed by atoms with Gasteiger partial charge in [0.2, 0.25) is 0 Å². The molecule has 13 heteroatoms. The van der Waals surface area contributed by atoms with Gasteiger partial charge >= 0.3 is 5.97 Å². The van der Waals surface area contributed by atoms with Gasteiger partial charge in [-0.3, -0.25) is 4.79 Å². The van der Waals surface area contributed by atoms with Gasteiger partial charge in [0, 0.05) is 31.9 Å². The molecule has 5 unspecified atom stereocenters. The smallest absolute Gasteiger partial charge is 0.311 e. The predicted molar refractivity (Wildman–Crippen MR) is 188 cm³/mol. The summed E-state index contributed by atoms with van der Waals surface area (Å²) in [5, 5.41) is 48.7. The van der Waals surface area contributed by atoms with Crippen LogP contribution in [0, 0.1) is 17.8 Å². The van der Waals surface area contributed by atoms with Crippen LogP contribution in [0.5, 0.6) is 0 Å². The molecular formula is C38H67NO12. The maximum atomic E-state index is 14.3. The number of carbonyl (C=O) groups is 1. The molecule has 5 N–H and O–H groups in total. The number of carbonyl (C=O) groups excluding carboxylic acids is 1. The highest BCUT2D eigenvalue weighted by atomic mass is 16.7. The summed E-state index contributed by atoms with van der Waals surface area (Å²) in [5.41, 5.74) is -2.95. The lowest BCUT2D eigenvalue weighted by Gasteiger charge is -2.48. The third-order valence-electron chi connectivity index (χ3n) is 12.0. The van der Waals surface area contributed by atoms with E-state index >= 15 is 0 Å². The largest absolute Gasteiger partial charge is 0.488 e. The van der Waals surface area contributed by atoms with E-state index in [0.717, 1.165) is 18.5 Å². The van der Waals surface area contributed by atoms with E-state index in [1.165, 1.54) is 14.0 Å². The fourth-order valence-electron chi connectivity index (χ4n) is 8.77. The van der Waals surface area contributed by atoms with Crippen molar-refractivity contribution in [1.29, 1.82) is 0 Å². The SMILES string of the molecule is CCCNC1CC(C)O[C@@H](O[C@@H]2[C@@H](C)[C@H](O[C@H]3CC(C)(OC)[C@@H](O)C(C)O3)[C@@H](C)C(=O)O[C@@H]([C@](C)(O)[C@H](O)CC)[C@@H](C)C3=C(C)C[C@]2(C)O3)C1O. The van der Waals surface area contributed by atoms with E-state index < -0.39 is 95.8 Å². The summed E-state index contributed by atoms with van der Waals surface area (Å²) in [4.78, 5) is 14.3. The van der Waals surface area contributed by atoms with E-state index in [9.17, 15) is 25.2 Å². The summed E-state index contributed by atoms with van der Waals surface area (Å²) in [6, 6.07) is -0.256. The van der Waals surface area contributed by atoms with E-state index in [4.69, 9.17) is 33.2 Å². The molecule has 0 saturated carbocycles. The van der Waals surface area contributed by atoms with Crippen LogP contribution in [-0.4, -0.2) is 124 Å². The average Bonchev–Trinajstić information content (AvgIpc) is 3.39. The maximum absolute atomic E-state index is 14.3. The summed E-state index contributed by atoms with van der Waals surface area (Å²) in [6.07, 6.45) is -6.37. The van der Waals surface area contributed by atoms with Gasteiger partial charge in [-0.1, -0.05) is 27.7 Å². The number of hydrogen-bond donors (Lipinski definition) is 5. The summed E-state index contributed by atoms with van der Waals surface area (Å²) in [6.45, 7) is 20.8. The van der Waals surface area contributed by atoms with Crippen LogP contribution in [0.4, 0.5) is 0 Å². The highest BCUT2D eigenvalue weighted by Crippen LogP contribution is 2.48. The lowest BCUT2D eigenvalue weighted by Crippen LogP contribution is -2.60. The van der Waals surface area contributed by atoms with E-state index in [1.54, 1.807) is 27.7 Å². The van der Waals surface area contributed by atoms with Crippen LogP contribution in [-0.2, 0) is 38.0 Å². The number of fused-ring (bicyclic) bond motifs is 2. The lowest BCUT2D eigenvalue weighted by molar-refractivity contribution is -0.314. The molecule has 0 aromatic carbocycles. The molecule has 0 aromatic rings. The Kier molecular flexibility index (Phi) is 13.7. The third-order valence-corrected chi connectivity index (χ3v) is 12.0. The molecule has 0 radical (unpaired) electrons. The Balaban J connectivity index is 1.81. The number of hydrogen-bond acceptors (Lipinski definition) is 13. The molecule has 296 valence electrons. The zero-order valence-corrected chi connectivity index (χ0v) is 32.9. The molecule has 4 heterocycles. The molecule has 0 spiro atoms. The topological polar surface area (TPSA) is 175 Å². The Morgan fingerprint density at radius 3 is 2.33 bits per heavy atom. The number of aliphatic hydroxyl groups excluding tert-OH is 3. The Morgan fingerprint density at radius 1 is 1.06 bits per heavy atom. The number of rotatable bonds is 11. The minimum absolute atomic E-state index is 0.175. The molecule has 13 nitrogen and oxygen atoms in total. The molecule has 2 bridgehead atoms. The predicted octanol–water partition coefficient (Wildman–Crippen LogP) is 3.33. The van der Waals surface area contributed by atoms with Crippen molar-refractivity contribution < 1.29 is 58.4 Å². The second kappa shape index (κ2) is 16.5. The molecule has 4 aliphatic rings. The van der Waals surface area contributed by atoms with Crippen molar-refractivity contribution in [3.8, 4) is 0 Å². The molecule has 4 rings (SSSR count). The van der Waals surface area contributed by atoms with Crippen LogP contribution < -0.4 is 5.32 Å². The Morgan fingerprint density at radius 2 is 1.73 bits per heavy atom. The number of aliphatic hydroxyl groups is 4. The van der Waals surface area contributed by atoms with Crippen molar-refractivity contribution in [2.75, 3.05) is 13.7 Å². The summed E-state index contributed by atoms with van der Waals surface area (Å²) in [5.74, 6) is -2.26. The molecule has 0 amide bonds. The first-order chi connectivity index (χ1) is 23.7. The third kappa shape index (κ3) is 8.63. The number of nitrogens with one attached hydrogen (secondary N) is 1. The van der Waals surface area contributed by atoms with Gasteiger partial charge in [0.15, 0.2) is 12.6 Å². The van der Waals surface area contributed by atoms with E-state index in [-0.39, 0.29) is 25.0 Å². The maximum Gasteiger partial charge on any atom is 0.311 e. The van der Waals surface area contributed by atoms with Crippen LogP contribution in [0.1, 0.15) is 108 Å². The van der Waals surface area contributed by atoms with Gasteiger partial charge in [0.05, 0.1) is 41.9 Å². The van der Waals surface area contributed by atoms with Gasteiger partial charge in [-0.05, 0) is 79.8 Å². The highest BCUT2D eigenvalue weighted by molar-refractivity contribution is 5.73. The first-order valence-electron chi connectivity index (χ1n) is 19.0. The van der Waals surface area contributed by atoms with Crippen LogP contribution in [0.3, 0.4) is 0 Å². The first kappa shape index (κ1) is 42.4. The summed E-state index contributed by atoms with van der Waals surface area (Å²) in [7, 11) is 1.53. The molecule has 4 aliphatic heterocycles. The Bertz CT molecular complexity index is 1220. The van der Waals surface area contributed by atoms with E-state index in [2.05, 4.69) is 12.2 Å². The zero-order valence-electron chi connectivity index (χ0n) is 32.9. The van der Waals surface area contributed by atoms with Crippen molar-refractivity contribution in [1.82, 2.24) is 5.32 Å². The van der Waals surface area contributed by atoms with Gasteiger partial charge in [-0.2, -0.15) is 0 Å². The van der Waals surface area contributed by atoms with Gasteiger partial charge in [0.1, 0.15) is 41.4 Å². The molecule has 0 aliphatic carbocycles. The lowest BCUT2D eigenvalue weighted by atomic mass is 9.78. The monoisotopic (exact) mass is 729 g/mol. The number of cyclic esters (lactones) is 1. The Hall–Kier alpha value is -1.39. The van der Waals surface area contributed by atoms with Crippen LogP contribution in [0.2, 0.25) is 0 Å². The van der Waals surface area contributed by atoms with Gasteiger partial charge in [0.25, 0.3) is 0 Å². The summed E-state index contributed by atoms with van der Waals surface area (Å²) >= 11 is 0.